The van der Waals surface area contributed by atoms with Crippen LogP contribution >= 0.6 is 0 Å². The Morgan fingerprint density at radius 1 is 1.43 bits per heavy atom. The topological polar surface area (TPSA) is 82.1 Å². The lowest BCUT2D eigenvalue weighted by molar-refractivity contribution is 0.177. The highest BCUT2D eigenvalue weighted by molar-refractivity contribution is 5.58. The first kappa shape index (κ1) is 13.5. The minimum absolute atomic E-state index is 0.0275. The van der Waals surface area contributed by atoms with E-state index in [1.54, 1.807) is 12.4 Å². The van der Waals surface area contributed by atoms with E-state index in [2.05, 4.69) is 31.0 Å². The van der Waals surface area contributed by atoms with Gasteiger partial charge in [-0.1, -0.05) is 5.16 Å². The molecule has 1 fully saturated rings. The predicted octanol–water partition coefficient (Wildman–Crippen LogP) is 1.14. The number of likely N-dealkylation sites (N-methyl/N-ethyl adjacent to an activating group) is 1. The van der Waals surface area contributed by atoms with E-state index in [4.69, 9.17) is 4.52 Å². The number of hydrogen-bond acceptors (Lipinski definition) is 7. The molecule has 0 radical (unpaired) electrons. The molecule has 1 aliphatic heterocycles. The molecule has 1 saturated heterocycles. The molecule has 7 nitrogen and oxygen atoms in total. The van der Waals surface area contributed by atoms with Crippen LogP contribution in [0.3, 0.4) is 0 Å². The normalized spacial score (nSPS) is 19.5. The van der Waals surface area contributed by atoms with Crippen molar-refractivity contribution in [3.8, 4) is 6.07 Å². The van der Waals surface area contributed by atoms with E-state index in [9.17, 15) is 5.26 Å². The number of nitriles is 1. The number of nitrogens with zero attached hydrogens (tertiary/aromatic N) is 6. The fourth-order valence-electron chi connectivity index (χ4n) is 2.56. The van der Waals surface area contributed by atoms with Gasteiger partial charge in [-0.3, -0.25) is 9.88 Å². The molecule has 0 spiro atoms. The molecule has 1 unspecified atom stereocenters. The maximum absolute atomic E-state index is 9.22. The summed E-state index contributed by atoms with van der Waals surface area (Å²) in [7, 11) is 2.04. The van der Waals surface area contributed by atoms with Crippen molar-refractivity contribution >= 4 is 5.69 Å². The van der Waals surface area contributed by atoms with Crippen molar-refractivity contribution in [1.82, 2.24) is 20.0 Å². The molecule has 108 valence electrons. The van der Waals surface area contributed by atoms with Gasteiger partial charge in [-0.15, -0.1) is 0 Å². The first-order valence-electron chi connectivity index (χ1n) is 6.78. The van der Waals surface area contributed by atoms with Crippen LogP contribution in [-0.2, 0) is 0 Å². The van der Waals surface area contributed by atoms with Crippen LogP contribution in [0.1, 0.15) is 23.3 Å². The van der Waals surface area contributed by atoms with Gasteiger partial charge in [-0.25, -0.2) is 0 Å². The summed E-state index contributed by atoms with van der Waals surface area (Å²) in [5.74, 6) is 1.25. The van der Waals surface area contributed by atoms with Crippen LogP contribution in [0.4, 0.5) is 5.69 Å². The zero-order valence-electron chi connectivity index (χ0n) is 12.0. The van der Waals surface area contributed by atoms with Gasteiger partial charge < -0.3 is 9.42 Å². The van der Waals surface area contributed by atoms with E-state index in [1.165, 1.54) is 0 Å². The fourth-order valence-corrected chi connectivity index (χ4v) is 2.56. The fraction of sp³-hybridized carbons (Fsp3) is 0.429. The van der Waals surface area contributed by atoms with Crippen LogP contribution in [0.15, 0.2) is 23.0 Å². The summed E-state index contributed by atoms with van der Waals surface area (Å²) < 4.78 is 5.31. The summed E-state index contributed by atoms with van der Waals surface area (Å²) in [6.45, 7) is 4.22. The molecule has 2 aromatic heterocycles. The van der Waals surface area contributed by atoms with Crippen molar-refractivity contribution in [2.24, 2.45) is 0 Å². The highest BCUT2D eigenvalue weighted by atomic mass is 16.5. The lowest BCUT2D eigenvalue weighted by Crippen LogP contribution is -2.47. The third kappa shape index (κ3) is 2.58. The summed E-state index contributed by atoms with van der Waals surface area (Å²) >= 11 is 0. The average Bonchev–Trinajstić information content (AvgIpc) is 2.94. The largest absolute Gasteiger partial charge is 0.367 e. The van der Waals surface area contributed by atoms with Gasteiger partial charge in [0.25, 0.3) is 0 Å². The lowest BCUT2D eigenvalue weighted by atomic mass is 10.1. The van der Waals surface area contributed by atoms with E-state index >= 15 is 0 Å². The predicted molar refractivity (Wildman–Crippen MR) is 75.6 cm³/mol. The molecule has 3 heterocycles. The van der Waals surface area contributed by atoms with E-state index in [0.717, 1.165) is 18.8 Å². The molecule has 0 bridgehead atoms. The number of piperazine rings is 1. The summed E-state index contributed by atoms with van der Waals surface area (Å²) in [5, 5.41) is 13.1. The van der Waals surface area contributed by atoms with E-state index < -0.39 is 0 Å². The minimum atomic E-state index is 0.0275. The standard InChI is InChI=1S/C14H16N6O/c1-10-17-14(21-18-10)13-9-20(6-5-19(13)2)12-3-4-16-8-11(12)7-15/h3-4,8,13H,5-6,9H2,1-2H3. The summed E-state index contributed by atoms with van der Waals surface area (Å²) in [6, 6.07) is 4.10. The highest BCUT2D eigenvalue weighted by Crippen LogP contribution is 2.28. The SMILES string of the molecule is Cc1noc(C2CN(c3ccncc3C#N)CCN2C)n1. The smallest absolute Gasteiger partial charge is 0.245 e. The van der Waals surface area contributed by atoms with Crippen LogP contribution in [0.2, 0.25) is 0 Å². The van der Waals surface area contributed by atoms with Gasteiger partial charge >= 0.3 is 0 Å². The van der Waals surface area contributed by atoms with Gasteiger partial charge in [0.15, 0.2) is 5.82 Å². The van der Waals surface area contributed by atoms with Crippen molar-refractivity contribution in [2.75, 3.05) is 31.6 Å². The van der Waals surface area contributed by atoms with Gasteiger partial charge in [0.05, 0.1) is 11.3 Å². The zero-order valence-corrected chi connectivity index (χ0v) is 12.0. The molecule has 0 amide bonds. The van der Waals surface area contributed by atoms with Crippen LogP contribution in [0.5, 0.6) is 0 Å². The second-order valence-corrected chi connectivity index (χ2v) is 5.13. The first-order chi connectivity index (χ1) is 10.2. The van der Waals surface area contributed by atoms with E-state index in [1.807, 2.05) is 20.0 Å². The maximum atomic E-state index is 9.22. The monoisotopic (exact) mass is 284 g/mol. The zero-order chi connectivity index (χ0) is 14.8. The first-order valence-corrected chi connectivity index (χ1v) is 6.78. The Bertz CT molecular complexity index is 676. The lowest BCUT2D eigenvalue weighted by Gasteiger charge is -2.39. The minimum Gasteiger partial charge on any atom is -0.367 e. The second-order valence-electron chi connectivity index (χ2n) is 5.13. The average molecular weight is 284 g/mol. The molecule has 0 saturated carbocycles. The van der Waals surface area contributed by atoms with Crippen LogP contribution in [0.25, 0.3) is 0 Å². The number of anilines is 1. The maximum Gasteiger partial charge on any atom is 0.245 e. The van der Waals surface area contributed by atoms with Gasteiger partial charge in [0.2, 0.25) is 5.89 Å². The third-order valence-corrected chi connectivity index (χ3v) is 3.74. The molecule has 2 aromatic rings. The quantitative estimate of drug-likeness (QED) is 0.817. The molecule has 0 N–H and O–H groups in total. The molecule has 3 rings (SSSR count). The molecule has 0 aliphatic carbocycles. The van der Waals surface area contributed by atoms with Crippen molar-refractivity contribution < 1.29 is 4.52 Å². The molecule has 7 heteroatoms. The number of rotatable bonds is 2. The van der Waals surface area contributed by atoms with Crippen LogP contribution in [-0.4, -0.2) is 46.7 Å². The van der Waals surface area contributed by atoms with E-state index in [-0.39, 0.29) is 6.04 Å². The number of pyridine rings is 1. The Hall–Kier alpha value is -2.46. The van der Waals surface area contributed by atoms with Crippen LogP contribution in [0, 0.1) is 18.3 Å². The van der Waals surface area contributed by atoms with Crippen LogP contribution < -0.4 is 4.90 Å². The van der Waals surface area contributed by atoms with Gasteiger partial charge in [0.1, 0.15) is 12.1 Å². The van der Waals surface area contributed by atoms with Crippen molar-refractivity contribution in [3.05, 3.63) is 35.7 Å². The molecule has 1 atom stereocenters. The second kappa shape index (κ2) is 5.50. The summed E-state index contributed by atoms with van der Waals surface area (Å²) in [4.78, 5) is 12.7. The van der Waals surface area contributed by atoms with E-state index in [0.29, 0.717) is 23.8 Å². The summed E-state index contributed by atoms with van der Waals surface area (Å²) in [6.07, 6.45) is 3.31. The number of aryl methyl sites for hydroxylation is 1. The van der Waals surface area contributed by atoms with Gasteiger partial charge in [0, 0.05) is 32.0 Å². The van der Waals surface area contributed by atoms with Crippen molar-refractivity contribution in [2.45, 2.75) is 13.0 Å². The number of hydrogen-bond donors (Lipinski definition) is 0. The van der Waals surface area contributed by atoms with Crippen molar-refractivity contribution in [3.63, 3.8) is 0 Å². The third-order valence-electron chi connectivity index (χ3n) is 3.74. The Morgan fingerprint density at radius 3 is 3.00 bits per heavy atom. The number of aromatic nitrogens is 3. The molecule has 21 heavy (non-hydrogen) atoms. The summed E-state index contributed by atoms with van der Waals surface area (Å²) in [5.41, 5.74) is 1.49. The Balaban J connectivity index is 1.88. The Labute approximate surface area is 122 Å². The van der Waals surface area contributed by atoms with Gasteiger partial charge in [-0.2, -0.15) is 10.2 Å². The Morgan fingerprint density at radius 2 is 2.29 bits per heavy atom. The molecular formula is C14H16N6O. The van der Waals surface area contributed by atoms with Gasteiger partial charge in [-0.05, 0) is 20.0 Å². The Kier molecular flexibility index (Phi) is 3.54. The molecule has 0 aromatic carbocycles. The highest BCUT2D eigenvalue weighted by Gasteiger charge is 2.30. The molecule has 1 aliphatic rings. The van der Waals surface area contributed by atoms with Crippen molar-refractivity contribution in [1.29, 1.82) is 5.26 Å². The molecular weight excluding hydrogens is 268 g/mol.